The summed E-state index contributed by atoms with van der Waals surface area (Å²) in [6.07, 6.45) is 7.71. The van der Waals surface area contributed by atoms with Gasteiger partial charge in [-0.05, 0) is 47.8 Å². The standard InChI is InChI=1S/C15H26/c1-10(2)11(3)9-14-13(5)15(14)8-6-7-12(15)4/h6,8,10-14H,7,9H2,1-5H3. The molecule has 2 rings (SSSR count). The van der Waals surface area contributed by atoms with E-state index in [2.05, 4.69) is 46.8 Å². The number of hydrogen-bond acceptors (Lipinski definition) is 0. The average Bonchev–Trinajstić information content (AvgIpc) is 2.57. The highest BCUT2D eigenvalue weighted by atomic mass is 14.7. The third-order valence-electron chi connectivity index (χ3n) is 5.44. The third-order valence-corrected chi connectivity index (χ3v) is 5.44. The fraction of sp³-hybridized carbons (Fsp3) is 0.867. The van der Waals surface area contributed by atoms with Gasteiger partial charge >= 0.3 is 0 Å². The predicted molar refractivity (Wildman–Crippen MR) is 66.6 cm³/mol. The molecule has 0 aliphatic heterocycles. The van der Waals surface area contributed by atoms with Crippen LogP contribution in [-0.4, -0.2) is 0 Å². The van der Waals surface area contributed by atoms with Gasteiger partial charge < -0.3 is 0 Å². The topological polar surface area (TPSA) is 0 Å². The maximum atomic E-state index is 2.54. The van der Waals surface area contributed by atoms with Crippen LogP contribution in [0, 0.1) is 35.0 Å². The lowest BCUT2D eigenvalue weighted by Crippen LogP contribution is -2.12. The number of allylic oxidation sites excluding steroid dienone is 2. The van der Waals surface area contributed by atoms with Gasteiger partial charge in [-0.3, -0.25) is 0 Å². The van der Waals surface area contributed by atoms with E-state index in [1.807, 2.05) is 0 Å². The van der Waals surface area contributed by atoms with Crippen molar-refractivity contribution in [2.24, 2.45) is 35.0 Å². The molecule has 1 fully saturated rings. The molecule has 1 spiro atoms. The minimum Gasteiger partial charge on any atom is -0.0877 e. The van der Waals surface area contributed by atoms with Crippen LogP contribution in [0.15, 0.2) is 12.2 Å². The molecule has 5 atom stereocenters. The van der Waals surface area contributed by atoms with Gasteiger partial charge in [-0.15, -0.1) is 0 Å². The molecule has 0 saturated heterocycles. The zero-order valence-corrected chi connectivity index (χ0v) is 11.0. The van der Waals surface area contributed by atoms with Crippen LogP contribution < -0.4 is 0 Å². The van der Waals surface area contributed by atoms with Gasteiger partial charge in [0.15, 0.2) is 0 Å². The molecule has 15 heavy (non-hydrogen) atoms. The highest BCUT2D eigenvalue weighted by Gasteiger charge is 2.63. The quantitative estimate of drug-likeness (QED) is 0.596. The maximum absolute atomic E-state index is 2.54. The molecule has 0 bridgehead atoms. The van der Waals surface area contributed by atoms with E-state index in [4.69, 9.17) is 0 Å². The van der Waals surface area contributed by atoms with E-state index in [1.54, 1.807) is 0 Å². The van der Waals surface area contributed by atoms with E-state index in [-0.39, 0.29) is 0 Å². The lowest BCUT2D eigenvalue weighted by atomic mass is 9.86. The van der Waals surface area contributed by atoms with Crippen LogP contribution in [0.4, 0.5) is 0 Å². The Morgan fingerprint density at radius 3 is 2.40 bits per heavy atom. The first kappa shape index (κ1) is 11.2. The van der Waals surface area contributed by atoms with E-state index in [0.29, 0.717) is 5.41 Å². The van der Waals surface area contributed by atoms with Crippen LogP contribution in [0.25, 0.3) is 0 Å². The van der Waals surface area contributed by atoms with Gasteiger partial charge in [0.2, 0.25) is 0 Å². The first-order valence-electron chi connectivity index (χ1n) is 6.67. The normalized spacial score (nSPS) is 45.3. The molecule has 0 heteroatoms. The molecular formula is C15H26. The molecule has 0 heterocycles. The van der Waals surface area contributed by atoms with Crippen molar-refractivity contribution in [1.29, 1.82) is 0 Å². The second-order valence-electron chi connectivity index (χ2n) is 6.39. The van der Waals surface area contributed by atoms with Crippen molar-refractivity contribution < 1.29 is 0 Å². The molecule has 0 radical (unpaired) electrons. The van der Waals surface area contributed by atoms with Gasteiger partial charge in [-0.1, -0.05) is 46.8 Å². The zero-order chi connectivity index (χ0) is 11.2. The van der Waals surface area contributed by atoms with Crippen molar-refractivity contribution >= 4 is 0 Å². The number of rotatable bonds is 3. The SMILES string of the molecule is CC(C)C(C)CC1C(C)C12C=CCC2C. The molecule has 0 aromatic heterocycles. The smallest absolute Gasteiger partial charge is 0.00299 e. The van der Waals surface area contributed by atoms with Gasteiger partial charge in [-0.2, -0.15) is 0 Å². The largest absolute Gasteiger partial charge is 0.0877 e. The van der Waals surface area contributed by atoms with Crippen molar-refractivity contribution in [2.45, 2.75) is 47.5 Å². The Labute approximate surface area is 95.1 Å². The Hall–Kier alpha value is -0.260. The molecule has 0 nitrogen and oxygen atoms in total. The van der Waals surface area contributed by atoms with Crippen molar-refractivity contribution in [1.82, 2.24) is 0 Å². The Bertz CT molecular complexity index is 263. The van der Waals surface area contributed by atoms with Crippen molar-refractivity contribution in [3.05, 3.63) is 12.2 Å². The first-order chi connectivity index (χ1) is 7.00. The second kappa shape index (κ2) is 3.64. The minimum atomic E-state index is 0.614. The molecule has 5 unspecified atom stereocenters. The van der Waals surface area contributed by atoms with Crippen LogP contribution in [0.3, 0.4) is 0 Å². The van der Waals surface area contributed by atoms with Crippen molar-refractivity contribution in [3.63, 3.8) is 0 Å². The highest BCUT2D eigenvalue weighted by Crippen LogP contribution is 2.69. The van der Waals surface area contributed by atoms with E-state index in [0.717, 1.165) is 29.6 Å². The van der Waals surface area contributed by atoms with Crippen LogP contribution in [-0.2, 0) is 0 Å². The Morgan fingerprint density at radius 1 is 1.27 bits per heavy atom. The zero-order valence-electron chi connectivity index (χ0n) is 11.0. The molecule has 0 aromatic carbocycles. The predicted octanol–water partition coefficient (Wildman–Crippen LogP) is 4.52. The molecule has 86 valence electrons. The lowest BCUT2D eigenvalue weighted by Gasteiger charge is -2.19. The first-order valence-corrected chi connectivity index (χ1v) is 6.67. The molecule has 1 saturated carbocycles. The van der Waals surface area contributed by atoms with Gasteiger partial charge in [-0.25, -0.2) is 0 Å². The summed E-state index contributed by atoms with van der Waals surface area (Å²) in [5, 5.41) is 0. The second-order valence-corrected chi connectivity index (χ2v) is 6.39. The van der Waals surface area contributed by atoms with Gasteiger partial charge in [0.05, 0.1) is 0 Å². The summed E-state index contributed by atoms with van der Waals surface area (Å²) in [5.41, 5.74) is 0.614. The lowest BCUT2D eigenvalue weighted by molar-refractivity contribution is 0.324. The Morgan fingerprint density at radius 2 is 1.93 bits per heavy atom. The Kier molecular flexibility index (Phi) is 2.73. The summed E-state index contributed by atoms with van der Waals surface area (Å²) in [7, 11) is 0. The number of hydrogen-bond donors (Lipinski definition) is 0. The fourth-order valence-electron chi connectivity index (χ4n) is 3.72. The van der Waals surface area contributed by atoms with Crippen molar-refractivity contribution in [2.75, 3.05) is 0 Å². The van der Waals surface area contributed by atoms with Crippen molar-refractivity contribution in [3.8, 4) is 0 Å². The highest BCUT2D eigenvalue weighted by molar-refractivity contribution is 5.25. The van der Waals surface area contributed by atoms with E-state index < -0.39 is 0 Å². The molecule has 0 N–H and O–H groups in total. The van der Waals surface area contributed by atoms with E-state index in [1.165, 1.54) is 12.8 Å². The summed E-state index contributed by atoms with van der Waals surface area (Å²) in [6, 6.07) is 0. The summed E-state index contributed by atoms with van der Waals surface area (Å²) < 4.78 is 0. The van der Waals surface area contributed by atoms with Crippen LogP contribution in [0.2, 0.25) is 0 Å². The summed E-state index contributed by atoms with van der Waals surface area (Å²) in [6.45, 7) is 12.0. The molecule has 2 aliphatic rings. The molecule has 2 aliphatic carbocycles. The van der Waals surface area contributed by atoms with Gasteiger partial charge in [0.1, 0.15) is 0 Å². The maximum Gasteiger partial charge on any atom is -0.00299 e. The summed E-state index contributed by atoms with van der Waals surface area (Å²) in [5.74, 6) is 4.54. The summed E-state index contributed by atoms with van der Waals surface area (Å²) in [4.78, 5) is 0. The van der Waals surface area contributed by atoms with Gasteiger partial charge in [0, 0.05) is 0 Å². The van der Waals surface area contributed by atoms with E-state index >= 15 is 0 Å². The van der Waals surface area contributed by atoms with Crippen LogP contribution in [0.5, 0.6) is 0 Å². The van der Waals surface area contributed by atoms with E-state index in [9.17, 15) is 0 Å². The van der Waals surface area contributed by atoms with Gasteiger partial charge in [0.25, 0.3) is 0 Å². The molecule has 0 aromatic rings. The Balaban J connectivity index is 2.00. The van der Waals surface area contributed by atoms with Crippen LogP contribution in [0.1, 0.15) is 47.5 Å². The minimum absolute atomic E-state index is 0.614. The third kappa shape index (κ3) is 1.57. The molecule has 0 amide bonds. The average molecular weight is 206 g/mol. The van der Waals surface area contributed by atoms with Crippen LogP contribution >= 0.6 is 0 Å². The fourth-order valence-corrected chi connectivity index (χ4v) is 3.72. The molecular weight excluding hydrogens is 180 g/mol. The summed E-state index contributed by atoms with van der Waals surface area (Å²) >= 11 is 0. The monoisotopic (exact) mass is 206 g/mol.